The fraction of sp³-hybridized carbons (Fsp3) is 0.286. The van der Waals surface area contributed by atoms with Gasteiger partial charge in [0.1, 0.15) is 0 Å². The van der Waals surface area contributed by atoms with Gasteiger partial charge in [0.05, 0.1) is 11.1 Å². The summed E-state index contributed by atoms with van der Waals surface area (Å²) in [6, 6.07) is 7.20. The SMILES string of the molecule is CCN(CC)c1ccnc2c(C(=O)O)cccc12. The fourth-order valence-corrected chi connectivity index (χ4v) is 2.17. The fourth-order valence-electron chi connectivity index (χ4n) is 2.17. The summed E-state index contributed by atoms with van der Waals surface area (Å²) in [7, 11) is 0. The molecule has 2 rings (SSSR count). The molecule has 4 nitrogen and oxygen atoms in total. The second-order valence-electron chi connectivity index (χ2n) is 4.01. The van der Waals surface area contributed by atoms with Crippen molar-refractivity contribution in [2.45, 2.75) is 13.8 Å². The van der Waals surface area contributed by atoms with Gasteiger partial charge in [0.25, 0.3) is 0 Å². The second kappa shape index (κ2) is 5.04. The maximum Gasteiger partial charge on any atom is 0.337 e. The van der Waals surface area contributed by atoms with Crippen molar-refractivity contribution in [2.24, 2.45) is 0 Å². The molecule has 0 aliphatic carbocycles. The van der Waals surface area contributed by atoms with Crippen LogP contribution in [0.15, 0.2) is 30.5 Å². The summed E-state index contributed by atoms with van der Waals surface area (Å²) in [6.45, 7) is 5.92. The molecule has 0 aliphatic heterocycles. The number of pyridine rings is 1. The Balaban J connectivity index is 2.71. The highest BCUT2D eigenvalue weighted by Gasteiger charge is 2.13. The van der Waals surface area contributed by atoms with Gasteiger partial charge in [-0.05, 0) is 26.0 Å². The summed E-state index contributed by atoms with van der Waals surface area (Å²) in [6.07, 6.45) is 1.67. The van der Waals surface area contributed by atoms with Gasteiger partial charge in [-0.25, -0.2) is 4.79 Å². The quantitative estimate of drug-likeness (QED) is 0.898. The van der Waals surface area contributed by atoms with Crippen LogP contribution in [0.1, 0.15) is 24.2 Å². The Labute approximate surface area is 106 Å². The Bertz CT molecular complexity index is 577. The predicted molar refractivity (Wildman–Crippen MR) is 72.3 cm³/mol. The minimum atomic E-state index is -0.940. The molecule has 0 unspecified atom stereocenters. The van der Waals surface area contributed by atoms with Crippen LogP contribution in [-0.2, 0) is 0 Å². The summed E-state index contributed by atoms with van der Waals surface area (Å²) in [4.78, 5) is 17.6. The second-order valence-corrected chi connectivity index (χ2v) is 4.01. The van der Waals surface area contributed by atoms with Crippen LogP contribution >= 0.6 is 0 Å². The largest absolute Gasteiger partial charge is 0.478 e. The van der Waals surface area contributed by atoms with Gasteiger partial charge < -0.3 is 10.0 Å². The Hall–Kier alpha value is -2.10. The number of benzene rings is 1. The molecule has 0 saturated carbocycles. The lowest BCUT2D eigenvalue weighted by molar-refractivity contribution is 0.0699. The van der Waals surface area contributed by atoms with E-state index in [0.717, 1.165) is 24.2 Å². The van der Waals surface area contributed by atoms with E-state index in [2.05, 4.69) is 23.7 Å². The molecule has 1 aromatic carbocycles. The smallest absolute Gasteiger partial charge is 0.337 e. The van der Waals surface area contributed by atoms with Crippen molar-refractivity contribution in [2.75, 3.05) is 18.0 Å². The first-order chi connectivity index (χ1) is 8.69. The highest BCUT2D eigenvalue weighted by Crippen LogP contribution is 2.27. The zero-order valence-corrected chi connectivity index (χ0v) is 10.6. The van der Waals surface area contributed by atoms with Gasteiger partial charge >= 0.3 is 5.97 Å². The minimum Gasteiger partial charge on any atom is -0.478 e. The summed E-state index contributed by atoms with van der Waals surface area (Å²) in [5.74, 6) is -0.940. The number of carbonyl (C=O) groups is 1. The molecule has 4 heteroatoms. The van der Waals surface area contributed by atoms with Gasteiger partial charge in [0, 0.05) is 30.4 Å². The number of aromatic nitrogens is 1. The standard InChI is InChI=1S/C14H16N2O2/c1-3-16(4-2)12-8-9-15-13-10(12)6-5-7-11(13)14(17)18/h5-9H,3-4H2,1-2H3,(H,17,18). The molecule has 0 spiro atoms. The molecule has 1 aromatic heterocycles. The summed E-state index contributed by atoms with van der Waals surface area (Å²) in [5, 5.41) is 10.1. The van der Waals surface area contributed by atoms with Crippen LogP contribution in [0.5, 0.6) is 0 Å². The number of carboxylic acids is 1. The van der Waals surface area contributed by atoms with E-state index < -0.39 is 5.97 Å². The number of hydrogen-bond donors (Lipinski definition) is 1. The molecule has 94 valence electrons. The zero-order valence-electron chi connectivity index (χ0n) is 10.6. The van der Waals surface area contributed by atoms with Crippen LogP contribution in [0.25, 0.3) is 10.9 Å². The van der Waals surface area contributed by atoms with E-state index in [9.17, 15) is 9.90 Å². The number of para-hydroxylation sites is 1. The van der Waals surface area contributed by atoms with Crippen LogP contribution < -0.4 is 4.90 Å². The van der Waals surface area contributed by atoms with Crippen molar-refractivity contribution in [3.63, 3.8) is 0 Å². The molecule has 2 aromatic rings. The van der Waals surface area contributed by atoms with Crippen molar-refractivity contribution in [1.29, 1.82) is 0 Å². The van der Waals surface area contributed by atoms with E-state index in [4.69, 9.17) is 0 Å². The van der Waals surface area contributed by atoms with Gasteiger partial charge in [-0.15, -0.1) is 0 Å². The number of anilines is 1. The summed E-state index contributed by atoms with van der Waals surface area (Å²) < 4.78 is 0. The van der Waals surface area contributed by atoms with Gasteiger partial charge in [0.15, 0.2) is 0 Å². The summed E-state index contributed by atoms with van der Waals surface area (Å²) in [5.41, 5.74) is 1.84. The average Bonchev–Trinajstić information content (AvgIpc) is 2.39. The number of nitrogens with zero attached hydrogens (tertiary/aromatic N) is 2. The molecule has 18 heavy (non-hydrogen) atoms. The molecule has 0 aliphatic rings. The topological polar surface area (TPSA) is 53.4 Å². The van der Waals surface area contributed by atoms with E-state index in [0.29, 0.717) is 5.52 Å². The molecular weight excluding hydrogens is 228 g/mol. The maximum absolute atomic E-state index is 11.2. The first-order valence-corrected chi connectivity index (χ1v) is 6.05. The van der Waals surface area contributed by atoms with Gasteiger partial charge in [-0.1, -0.05) is 12.1 Å². The molecule has 0 saturated heterocycles. The normalized spacial score (nSPS) is 10.6. The van der Waals surface area contributed by atoms with Gasteiger partial charge in [0.2, 0.25) is 0 Å². The lowest BCUT2D eigenvalue weighted by Gasteiger charge is -2.22. The number of rotatable bonds is 4. The molecule has 0 amide bonds. The molecule has 0 atom stereocenters. The lowest BCUT2D eigenvalue weighted by atomic mass is 10.1. The van der Waals surface area contributed by atoms with Crippen LogP contribution in [-0.4, -0.2) is 29.1 Å². The number of fused-ring (bicyclic) bond motifs is 1. The van der Waals surface area contributed by atoms with Crippen LogP contribution in [0.2, 0.25) is 0 Å². The first-order valence-electron chi connectivity index (χ1n) is 6.05. The van der Waals surface area contributed by atoms with Crippen molar-refractivity contribution < 1.29 is 9.90 Å². The Kier molecular flexibility index (Phi) is 3.46. The third-order valence-corrected chi connectivity index (χ3v) is 3.08. The Morgan fingerprint density at radius 1 is 1.28 bits per heavy atom. The van der Waals surface area contributed by atoms with E-state index >= 15 is 0 Å². The monoisotopic (exact) mass is 244 g/mol. The average molecular weight is 244 g/mol. The number of carboxylic acid groups (broad SMARTS) is 1. The van der Waals surface area contributed by atoms with Crippen molar-refractivity contribution in [3.05, 3.63) is 36.0 Å². The van der Waals surface area contributed by atoms with Crippen molar-refractivity contribution in [1.82, 2.24) is 4.98 Å². The molecule has 1 heterocycles. The van der Waals surface area contributed by atoms with E-state index in [1.165, 1.54) is 0 Å². The van der Waals surface area contributed by atoms with E-state index in [1.807, 2.05) is 12.1 Å². The van der Waals surface area contributed by atoms with Crippen molar-refractivity contribution in [3.8, 4) is 0 Å². The summed E-state index contributed by atoms with van der Waals surface area (Å²) >= 11 is 0. The molecule has 0 radical (unpaired) electrons. The third kappa shape index (κ3) is 2.01. The van der Waals surface area contributed by atoms with E-state index in [1.54, 1.807) is 18.3 Å². The molecule has 0 fully saturated rings. The first kappa shape index (κ1) is 12.4. The highest BCUT2D eigenvalue weighted by atomic mass is 16.4. The van der Waals surface area contributed by atoms with Gasteiger partial charge in [-0.2, -0.15) is 0 Å². The van der Waals surface area contributed by atoms with E-state index in [-0.39, 0.29) is 5.56 Å². The Morgan fingerprint density at radius 2 is 2.00 bits per heavy atom. The lowest BCUT2D eigenvalue weighted by Crippen LogP contribution is -2.22. The van der Waals surface area contributed by atoms with Crippen LogP contribution in [0.3, 0.4) is 0 Å². The highest BCUT2D eigenvalue weighted by molar-refractivity contribution is 6.05. The molecule has 0 bridgehead atoms. The zero-order chi connectivity index (χ0) is 13.1. The molecule has 1 N–H and O–H groups in total. The van der Waals surface area contributed by atoms with Gasteiger partial charge in [-0.3, -0.25) is 4.98 Å². The molecular formula is C14H16N2O2. The third-order valence-electron chi connectivity index (χ3n) is 3.08. The number of hydrogen-bond acceptors (Lipinski definition) is 3. The van der Waals surface area contributed by atoms with Crippen molar-refractivity contribution >= 4 is 22.6 Å². The number of aromatic carboxylic acids is 1. The maximum atomic E-state index is 11.2. The van der Waals surface area contributed by atoms with Crippen LogP contribution in [0.4, 0.5) is 5.69 Å². The Morgan fingerprint density at radius 3 is 2.61 bits per heavy atom. The van der Waals surface area contributed by atoms with Crippen LogP contribution in [0, 0.1) is 0 Å². The predicted octanol–water partition coefficient (Wildman–Crippen LogP) is 2.78. The minimum absolute atomic E-state index is 0.251.